The van der Waals surface area contributed by atoms with E-state index in [1.54, 1.807) is 89.3 Å². The van der Waals surface area contributed by atoms with Crippen molar-refractivity contribution in [3.63, 3.8) is 0 Å². The van der Waals surface area contributed by atoms with Gasteiger partial charge in [0.25, 0.3) is 0 Å². The van der Waals surface area contributed by atoms with Gasteiger partial charge in [0.2, 0.25) is 59.1 Å². The molecule has 0 radical (unpaired) electrons. The van der Waals surface area contributed by atoms with E-state index in [1.165, 1.54) is 19.4 Å². The van der Waals surface area contributed by atoms with Crippen molar-refractivity contribution in [2.75, 3.05) is 6.54 Å². The topological polar surface area (TPSA) is 402 Å². The third-order valence-electron chi connectivity index (χ3n) is 13.8. The molecule has 2 aromatic heterocycles. The molecule has 474 valence electrons. The Morgan fingerprint density at radius 1 is 0.557 bits per heavy atom. The number of nitrogens with one attached hydrogen (secondary N) is 11. The van der Waals surface area contributed by atoms with Crippen molar-refractivity contribution in [1.29, 1.82) is 0 Å². The fourth-order valence-electron chi connectivity index (χ4n) is 9.47. The number of fused-ring (bicyclic) bond motifs is 1. The summed E-state index contributed by atoms with van der Waals surface area (Å²) >= 11 is 0. The average molecular weight is 1220 g/mol. The van der Waals surface area contributed by atoms with E-state index in [4.69, 9.17) is 16.2 Å². The Labute approximate surface area is 511 Å². The third kappa shape index (κ3) is 23.3. The number of rotatable bonds is 33. The molecule has 0 saturated heterocycles. The van der Waals surface area contributed by atoms with Crippen LogP contribution < -0.4 is 59.3 Å². The molecule has 0 saturated carbocycles. The minimum atomic E-state index is -1.48. The van der Waals surface area contributed by atoms with Crippen LogP contribution in [0.1, 0.15) is 103 Å². The minimum Gasteiger partial charge on any atom is -0.444 e. The van der Waals surface area contributed by atoms with Gasteiger partial charge in [-0.2, -0.15) is 0 Å². The van der Waals surface area contributed by atoms with Crippen molar-refractivity contribution in [1.82, 2.24) is 62.8 Å². The summed E-state index contributed by atoms with van der Waals surface area (Å²) in [5.41, 5.74) is 13.4. The molecule has 5 aromatic rings. The van der Waals surface area contributed by atoms with Gasteiger partial charge < -0.3 is 74.0 Å². The maximum absolute atomic E-state index is 14.4. The van der Waals surface area contributed by atoms with E-state index in [0.717, 1.165) is 16.5 Å². The summed E-state index contributed by atoms with van der Waals surface area (Å²) in [6.07, 6.45) is 2.97. The molecule has 26 nitrogen and oxygen atoms in total. The molecule has 0 bridgehead atoms. The zero-order chi connectivity index (χ0) is 64.7. The largest absolute Gasteiger partial charge is 0.444 e. The number of nitrogens with two attached hydrogens (primary N) is 2. The van der Waals surface area contributed by atoms with Crippen LogP contribution in [0.25, 0.3) is 10.9 Å². The number of carbonyl (C=O) groups is 11. The first kappa shape index (κ1) is 69.2. The standard InChI is InChI=1S/C62H84N14O12/c1-35(2)25-46(57(83)70-41(30-51(64)78)26-38-17-11-9-12-18-38)73-59(85)49(29-42-32-65-34-68-42)71-52(79)33-67-60(86)53(36(3)4)76-54(80)37(5)69-56(82)48(28-40-31-66-44-22-16-15-21-43(40)44)74-55(81)45(23-24-50(63)77)72-58(84)47(27-39-19-13-10-14-20-39)75-61(87)88-62(6,7)8/h9-22,31-32,34-37,41,45-49,53,66H,23-30,33H2,1-8H3,(H2,63,77)(H2,64,78)(H,65,68)(H,67,86)(H,69,82)(H,70,83)(H,71,79)(H,72,84)(H,73,85)(H,74,81)(H,75,87)(H,76,80)/t37-,41+,45-,46-,47+,48-,49-,53-/m0/s1. The second kappa shape index (κ2) is 33.3. The van der Waals surface area contributed by atoms with E-state index < -0.39 is 132 Å². The van der Waals surface area contributed by atoms with Crippen molar-refractivity contribution in [3.8, 4) is 0 Å². The normalized spacial score (nSPS) is 14.1. The number of benzene rings is 3. The van der Waals surface area contributed by atoms with Gasteiger partial charge >= 0.3 is 6.09 Å². The highest BCUT2D eigenvalue weighted by atomic mass is 16.6. The van der Waals surface area contributed by atoms with E-state index >= 15 is 0 Å². The summed E-state index contributed by atoms with van der Waals surface area (Å²) in [6.45, 7) is 12.6. The lowest BCUT2D eigenvalue weighted by Gasteiger charge is -2.27. The fraction of sp³-hybridized carbons (Fsp3) is 0.452. The second-order valence-electron chi connectivity index (χ2n) is 23.4. The van der Waals surface area contributed by atoms with E-state index in [-0.39, 0.29) is 50.9 Å². The predicted octanol–water partition coefficient (Wildman–Crippen LogP) is 1.43. The Hall–Kier alpha value is -9.62. The summed E-state index contributed by atoms with van der Waals surface area (Å²) in [4.78, 5) is 159. The lowest BCUT2D eigenvalue weighted by Crippen LogP contribution is -2.60. The molecule has 3 aromatic carbocycles. The number of imidazole rings is 1. The maximum Gasteiger partial charge on any atom is 0.408 e. The van der Waals surface area contributed by atoms with E-state index in [9.17, 15) is 52.7 Å². The Morgan fingerprint density at radius 2 is 1.11 bits per heavy atom. The Kier molecular flexibility index (Phi) is 26.2. The van der Waals surface area contributed by atoms with Crippen LogP contribution in [-0.2, 0) is 78.4 Å². The zero-order valence-corrected chi connectivity index (χ0v) is 51.0. The van der Waals surface area contributed by atoms with Gasteiger partial charge in [-0.25, -0.2) is 9.78 Å². The molecular weight excluding hydrogens is 1130 g/mol. The third-order valence-corrected chi connectivity index (χ3v) is 13.8. The smallest absolute Gasteiger partial charge is 0.408 e. The predicted molar refractivity (Wildman–Crippen MR) is 326 cm³/mol. The number of hydrogen-bond acceptors (Lipinski definition) is 13. The molecule has 88 heavy (non-hydrogen) atoms. The van der Waals surface area contributed by atoms with Gasteiger partial charge in [-0.15, -0.1) is 0 Å². The lowest BCUT2D eigenvalue weighted by molar-refractivity contribution is -0.135. The number of carbonyl (C=O) groups excluding carboxylic acids is 11. The second-order valence-corrected chi connectivity index (χ2v) is 23.4. The molecule has 11 amide bonds. The monoisotopic (exact) mass is 1220 g/mol. The first-order valence-corrected chi connectivity index (χ1v) is 29.2. The molecule has 0 aliphatic carbocycles. The van der Waals surface area contributed by atoms with Gasteiger partial charge in [-0.1, -0.05) is 107 Å². The summed E-state index contributed by atoms with van der Waals surface area (Å²) in [6, 6.07) is 15.2. The number of aromatic amines is 2. The number of aromatic nitrogens is 3. The van der Waals surface area contributed by atoms with E-state index in [1.807, 2.05) is 50.2 Å². The van der Waals surface area contributed by atoms with Crippen LogP contribution in [0.5, 0.6) is 0 Å². The SMILES string of the molecule is CC(C)C[C@H](NC(=O)[C@H](Cc1cnc[nH]1)NC(=O)CNC(=O)[C@@H](NC(=O)[C@H](C)NC(=O)[C@H](Cc1c[nH]c2ccccc12)NC(=O)[C@H](CCC(N)=O)NC(=O)[C@@H](Cc1ccccc1)NC(=O)OC(C)(C)C)C(C)C)C(=O)N[C@@H](CC(N)=O)Cc1ccccc1. The summed E-state index contributed by atoms with van der Waals surface area (Å²) in [5.74, 6) is -8.38. The number of para-hydroxylation sites is 1. The maximum atomic E-state index is 14.4. The molecule has 15 N–H and O–H groups in total. The molecule has 0 fully saturated rings. The number of ether oxygens (including phenoxy) is 1. The molecule has 0 unspecified atom stereocenters. The minimum absolute atomic E-state index is 0.0201. The highest BCUT2D eigenvalue weighted by molar-refractivity contribution is 5.98. The first-order chi connectivity index (χ1) is 41.6. The van der Waals surface area contributed by atoms with Gasteiger partial charge in [-0.05, 0) is 81.5 Å². The highest BCUT2D eigenvalue weighted by Gasteiger charge is 2.35. The Morgan fingerprint density at radius 3 is 1.70 bits per heavy atom. The van der Waals surface area contributed by atoms with Crippen molar-refractivity contribution in [2.45, 2.75) is 161 Å². The van der Waals surface area contributed by atoms with Crippen LogP contribution in [0, 0.1) is 11.8 Å². The average Bonchev–Trinajstić information content (AvgIpc) is 3.85. The van der Waals surface area contributed by atoms with Crippen molar-refractivity contribution in [3.05, 3.63) is 126 Å². The molecule has 26 heteroatoms. The van der Waals surface area contributed by atoms with Crippen LogP contribution in [0.3, 0.4) is 0 Å². The number of amides is 11. The molecule has 0 aliphatic heterocycles. The highest BCUT2D eigenvalue weighted by Crippen LogP contribution is 2.20. The van der Waals surface area contributed by atoms with Crippen LogP contribution in [0.15, 0.2) is 104 Å². The number of nitrogens with zero attached hydrogens (tertiary/aromatic N) is 1. The molecule has 8 atom stereocenters. The fourth-order valence-corrected chi connectivity index (χ4v) is 9.47. The molecule has 0 spiro atoms. The summed E-state index contributed by atoms with van der Waals surface area (Å²) in [5, 5.41) is 24.6. The van der Waals surface area contributed by atoms with Crippen LogP contribution in [-0.4, -0.2) is 141 Å². The van der Waals surface area contributed by atoms with Crippen molar-refractivity contribution >= 4 is 76.1 Å². The van der Waals surface area contributed by atoms with Crippen LogP contribution >= 0.6 is 0 Å². The molecular formula is C62H84N14O12. The van der Waals surface area contributed by atoms with E-state index in [2.05, 4.69) is 62.8 Å². The number of H-pyrrole nitrogens is 2. The van der Waals surface area contributed by atoms with Crippen LogP contribution in [0.2, 0.25) is 0 Å². The Bertz CT molecular complexity index is 3180. The summed E-state index contributed by atoms with van der Waals surface area (Å²) < 4.78 is 5.42. The van der Waals surface area contributed by atoms with Crippen molar-refractivity contribution < 1.29 is 57.5 Å². The zero-order valence-electron chi connectivity index (χ0n) is 51.0. The lowest BCUT2D eigenvalue weighted by atomic mass is 9.99. The van der Waals surface area contributed by atoms with Gasteiger partial charge in [-0.3, -0.25) is 47.9 Å². The van der Waals surface area contributed by atoms with Gasteiger partial charge in [0.15, 0.2) is 0 Å². The number of primary amides is 2. The number of alkyl carbamates (subject to hydrolysis) is 1. The Balaban J connectivity index is 1.28. The van der Waals surface area contributed by atoms with Crippen molar-refractivity contribution in [2.24, 2.45) is 23.3 Å². The number of hydrogen-bond donors (Lipinski definition) is 13. The molecule has 5 rings (SSSR count). The van der Waals surface area contributed by atoms with E-state index in [0.29, 0.717) is 23.2 Å². The molecule has 2 heterocycles. The quantitative estimate of drug-likeness (QED) is 0.0283. The van der Waals surface area contributed by atoms with Crippen LogP contribution in [0.4, 0.5) is 4.79 Å². The summed E-state index contributed by atoms with van der Waals surface area (Å²) in [7, 11) is 0. The molecule has 0 aliphatic rings. The van der Waals surface area contributed by atoms with Gasteiger partial charge in [0.05, 0.1) is 12.9 Å². The first-order valence-electron chi connectivity index (χ1n) is 29.2. The van der Waals surface area contributed by atoms with Gasteiger partial charge in [0, 0.05) is 67.1 Å². The van der Waals surface area contributed by atoms with Gasteiger partial charge in [0.1, 0.15) is 47.9 Å².